The molecule has 0 radical (unpaired) electrons. The summed E-state index contributed by atoms with van der Waals surface area (Å²) in [4.78, 5) is 19.9. The SMILES string of the molecule is CCONC(=O)c1cc2c(ccc3ccccc32)[nH]1. The molecule has 0 aliphatic rings. The summed E-state index contributed by atoms with van der Waals surface area (Å²) in [6.07, 6.45) is 0. The van der Waals surface area contributed by atoms with E-state index in [1.54, 1.807) is 0 Å². The smallest absolute Gasteiger partial charge is 0.291 e. The molecule has 0 fully saturated rings. The van der Waals surface area contributed by atoms with Crippen molar-refractivity contribution in [1.82, 2.24) is 10.5 Å². The van der Waals surface area contributed by atoms with Crippen LogP contribution in [-0.2, 0) is 4.84 Å². The van der Waals surface area contributed by atoms with Crippen LogP contribution in [0.1, 0.15) is 17.4 Å². The lowest BCUT2D eigenvalue weighted by atomic mass is 10.1. The minimum absolute atomic E-state index is 0.262. The molecule has 1 heterocycles. The van der Waals surface area contributed by atoms with Gasteiger partial charge in [0.2, 0.25) is 0 Å². The Morgan fingerprint density at radius 3 is 2.89 bits per heavy atom. The predicted octanol–water partition coefficient (Wildman–Crippen LogP) is 3.00. The van der Waals surface area contributed by atoms with Crippen molar-refractivity contribution in [2.75, 3.05) is 6.61 Å². The fourth-order valence-corrected chi connectivity index (χ4v) is 2.20. The van der Waals surface area contributed by atoms with Crippen LogP contribution in [0.25, 0.3) is 21.7 Å². The number of hydroxylamine groups is 1. The molecule has 0 bridgehead atoms. The van der Waals surface area contributed by atoms with Gasteiger partial charge in [-0.3, -0.25) is 9.63 Å². The summed E-state index contributed by atoms with van der Waals surface area (Å²) < 4.78 is 0. The summed E-state index contributed by atoms with van der Waals surface area (Å²) in [5.74, 6) is -0.262. The van der Waals surface area contributed by atoms with Gasteiger partial charge in [-0.15, -0.1) is 0 Å². The van der Waals surface area contributed by atoms with E-state index in [1.807, 2.05) is 37.3 Å². The van der Waals surface area contributed by atoms with Crippen LogP contribution >= 0.6 is 0 Å². The second-order valence-electron chi connectivity index (χ2n) is 4.30. The fraction of sp³-hybridized carbons (Fsp3) is 0.133. The molecule has 19 heavy (non-hydrogen) atoms. The first-order valence-electron chi connectivity index (χ1n) is 6.22. The molecule has 4 heteroatoms. The highest BCUT2D eigenvalue weighted by molar-refractivity contribution is 6.09. The van der Waals surface area contributed by atoms with Crippen molar-refractivity contribution < 1.29 is 9.63 Å². The second-order valence-corrected chi connectivity index (χ2v) is 4.30. The van der Waals surface area contributed by atoms with Gasteiger partial charge in [0.1, 0.15) is 5.69 Å². The zero-order valence-corrected chi connectivity index (χ0v) is 10.6. The van der Waals surface area contributed by atoms with Crippen molar-refractivity contribution in [1.29, 1.82) is 0 Å². The van der Waals surface area contributed by atoms with E-state index in [9.17, 15) is 4.79 Å². The summed E-state index contributed by atoms with van der Waals surface area (Å²) in [6.45, 7) is 2.26. The number of amides is 1. The number of carbonyl (C=O) groups excluding carboxylic acids is 1. The summed E-state index contributed by atoms with van der Waals surface area (Å²) in [6, 6.07) is 14.0. The maximum Gasteiger partial charge on any atom is 0.291 e. The number of fused-ring (bicyclic) bond motifs is 3. The number of hydrogen-bond acceptors (Lipinski definition) is 2. The van der Waals surface area contributed by atoms with E-state index in [2.05, 4.69) is 22.6 Å². The van der Waals surface area contributed by atoms with Crippen LogP contribution in [0.5, 0.6) is 0 Å². The van der Waals surface area contributed by atoms with Crippen molar-refractivity contribution >= 4 is 27.6 Å². The number of benzene rings is 2. The topological polar surface area (TPSA) is 54.1 Å². The van der Waals surface area contributed by atoms with Gasteiger partial charge in [-0.1, -0.05) is 30.3 Å². The van der Waals surface area contributed by atoms with Crippen molar-refractivity contribution in [3.05, 3.63) is 48.2 Å². The number of aromatic nitrogens is 1. The first-order valence-corrected chi connectivity index (χ1v) is 6.22. The Kier molecular flexibility index (Phi) is 2.93. The van der Waals surface area contributed by atoms with Crippen LogP contribution in [0.3, 0.4) is 0 Å². The van der Waals surface area contributed by atoms with Crippen LogP contribution in [0.4, 0.5) is 0 Å². The van der Waals surface area contributed by atoms with Gasteiger partial charge in [-0.05, 0) is 29.8 Å². The number of carbonyl (C=O) groups is 1. The first-order chi connectivity index (χ1) is 9.29. The lowest BCUT2D eigenvalue weighted by molar-refractivity contribution is 0.0360. The van der Waals surface area contributed by atoms with E-state index in [0.29, 0.717) is 12.3 Å². The second kappa shape index (κ2) is 4.74. The van der Waals surface area contributed by atoms with Gasteiger partial charge in [-0.25, -0.2) is 5.48 Å². The highest BCUT2D eigenvalue weighted by Gasteiger charge is 2.10. The summed E-state index contributed by atoms with van der Waals surface area (Å²) >= 11 is 0. The molecule has 2 aromatic carbocycles. The van der Waals surface area contributed by atoms with Crippen molar-refractivity contribution in [3.63, 3.8) is 0 Å². The molecule has 0 unspecified atom stereocenters. The molecule has 3 rings (SSSR count). The van der Waals surface area contributed by atoms with Crippen molar-refractivity contribution in [2.45, 2.75) is 6.92 Å². The van der Waals surface area contributed by atoms with Gasteiger partial charge in [0, 0.05) is 10.9 Å². The van der Waals surface area contributed by atoms with Gasteiger partial charge in [-0.2, -0.15) is 0 Å². The van der Waals surface area contributed by atoms with Crippen LogP contribution < -0.4 is 5.48 Å². The molecule has 3 aromatic rings. The van der Waals surface area contributed by atoms with Crippen LogP contribution in [-0.4, -0.2) is 17.5 Å². The number of rotatable bonds is 3. The van der Waals surface area contributed by atoms with Gasteiger partial charge in [0.05, 0.1) is 6.61 Å². The molecule has 0 aliphatic carbocycles. The average Bonchev–Trinajstić information content (AvgIpc) is 2.89. The highest BCUT2D eigenvalue weighted by Crippen LogP contribution is 2.25. The molecule has 0 spiro atoms. The van der Waals surface area contributed by atoms with Crippen LogP contribution in [0.2, 0.25) is 0 Å². The minimum atomic E-state index is -0.262. The van der Waals surface area contributed by atoms with E-state index in [4.69, 9.17) is 4.84 Å². The minimum Gasteiger partial charge on any atom is -0.350 e. The van der Waals surface area contributed by atoms with E-state index in [-0.39, 0.29) is 5.91 Å². The standard InChI is InChI=1S/C15H14N2O2/c1-2-19-17-15(18)14-9-12-11-6-4-3-5-10(11)7-8-13(12)16-14/h3-9,16H,2H2,1H3,(H,17,18). The Hall–Kier alpha value is -2.33. The predicted molar refractivity (Wildman–Crippen MR) is 74.9 cm³/mol. The quantitative estimate of drug-likeness (QED) is 0.706. The first kappa shape index (κ1) is 11.7. The lowest BCUT2D eigenvalue weighted by Gasteiger charge is -2.00. The van der Waals surface area contributed by atoms with E-state index < -0.39 is 0 Å². The van der Waals surface area contributed by atoms with Crippen molar-refractivity contribution in [2.24, 2.45) is 0 Å². The number of hydrogen-bond donors (Lipinski definition) is 2. The molecular weight excluding hydrogens is 240 g/mol. The molecule has 0 atom stereocenters. The van der Waals surface area contributed by atoms with Crippen LogP contribution in [0.15, 0.2) is 42.5 Å². The third kappa shape index (κ3) is 2.06. The lowest BCUT2D eigenvalue weighted by Crippen LogP contribution is -2.23. The third-order valence-electron chi connectivity index (χ3n) is 3.08. The molecule has 0 saturated heterocycles. The average molecular weight is 254 g/mol. The zero-order chi connectivity index (χ0) is 13.2. The Labute approximate surface area is 110 Å². The summed E-state index contributed by atoms with van der Waals surface area (Å²) in [5, 5.41) is 3.33. The maximum atomic E-state index is 11.8. The van der Waals surface area contributed by atoms with Crippen LogP contribution in [0, 0.1) is 0 Å². The van der Waals surface area contributed by atoms with Gasteiger partial charge < -0.3 is 4.98 Å². The van der Waals surface area contributed by atoms with Gasteiger partial charge in [0.15, 0.2) is 0 Å². The molecule has 0 saturated carbocycles. The number of H-pyrrole nitrogens is 1. The molecule has 96 valence electrons. The fourth-order valence-electron chi connectivity index (χ4n) is 2.20. The molecule has 2 N–H and O–H groups in total. The molecule has 1 aromatic heterocycles. The number of aromatic amines is 1. The molecule has 1 amide bonds. The van der Waals surface area contributed by atoms with E-state index in [0.717, 1.165) is 21.7 Å². The summed E-state index contributed by atoms with van der Waals surface area (Å²) in [5.41, 5.74) is 3.83. The Morgan fingerprint density at radius 2 is 2.05 bits per heavy atom. The Balaban J connectivity index is 2.10. The van der Waals surface area contributed by atoms with Gasteiger partial charge in [0.25, 0.3) is 5.91 Å². The van der Waals surface area contributed by atoms with E-state index in [1.165, 1.54) is 0 Å². The maximum absolute atomic E-state index is 11.8. The largest absolute Gasteiger partial charge is 0.350 e. The van der Waals surface area contributed by atoms with E-state index >= 15 is 0 Å². The van der Waals surface area contributed by atoms with Gasteiger partial charge >= 0.3 is 0 Å². The highest BCUT2D eigenvalue weighted by atomic mass is 16.6. The molecule has 0 aliphatic heterocycles. The normalized spacial score (nSPS) is 11.0. The molecular formula is C15H14N2O2. The zero-order valence-electron chi connectivity index (χ0n) is 10.6. The Morgan fingerprint density at radius 1 is 1.21 bits per heavy atom. The Bertz CT molecular complexity index is 746. The summed E-state index contributed by atoms with van der Waals surface area (Å²) in [7, 11) is 0. The van der Waals surface area contributed by atoms with Crippen molar-refractivity contribution in [3.8, 4) is 0 Å². The molecule has 4 nitrogen and oxygen atoms in total. The third-order valence-corrected chi connectivity index (χ3v) is 3.08. The number of nitrogens with one attached hydrogen (secondary N) is 2. The monoisotopic (exact) mass is 254 g/mol.